The molecule has 2 heterocycles. The van der Waals surface area contributed by atoms with Crippen molar-refractivity contribution < 1.29 is 0 Å². The predicted molar refractivity (Wildman–Crippen MR) is 78.4 cm³/mol. The van der Waals surface area contributed by atoms with Crippen LogP contribution in [0.25, 0.3) is 11.4 Å². The van der Waals surface area contributed by atoms with E-state index in [0.29, 0.717) is 5.82 Å². The van der Waals surface area contributed by atoms with Gasteiger partial charge in [0.25, 0.3) is 0 Å². The molecular formula is C14H14N6. The first kappa shape index (κ1) is 12.2. The van der Waals surface area contributed by atoms with Gasteiger partial charge in [-0.15, -0.1) is 0 Å². The number of nitrogen functional groups attached to an aromatic ring is 1. The van der Waals surface area contributed by atoms with E-state index in [1.54, 1.807) is 17.1 Å². The van der Waals surface area contributed by atoms with Crippen LogP contribution >= 0.6 is 0 Å². The summed E-state index contributed by atoms with van der Waals surface area (Å²) in [6, 6.07) is 9.30. The van der Waals surface area contributed by atoms with Crippen molar-refractivity contribution in [3.05, 3.63) is 48.9 Å². The number of rotatable bonds is 3. The molecule has 0 unspecified atom stereocenters. The van der Waals surface area contributed by atoms with Gasteiger partial charge in [-0.1, -0.05) is 0 Å². The van der Waals surface area contributed by atoms with E-state index in [0.717, 1.165) is 22.8 Å². The molecule has 0 aliphatic rings. The molecule has 3 rings (SSSR count). The van der Waals surface area contributed by atoms with Crippen molar-refractivity contribution in [3.63, 3.8) is 0 Å². The SMILES string of the molecule is Cn1cc(-c2nccc(Nc3ccc(N)cc3)n2)cn1. The lowest BCUT2D eigenvalue weighted by Crippen LogP contribution is -1.96. The number of nitrogens with one attached hydrogen (secondary N) is 1. The van der Waals surface area contributed by atoms with Crippen LogP contribution < -0.4 is 11.1 Å². The summed E-state index contributed by atoms with van der Waals surface area (Å²) < 4.78 is 1.72. The monoisotopic (exact) mass is 266 g/mol. The molecule has 3 aromatic rings. The molecular weight excluding hydrogens is 252 g/mol. The Kier molecular flexibility index (Phi) is 3.04. The van der Waals surface area contributed by atoms with Gasteiger partial charge in [0.05, 0.1) is 11.8 Å². The molecule has 20 heavy (non-hydrogen) atoms. The Morgan fingerprint density at radius 3 is 2.65 bits per heavy atom. The molecule has 0 atom stereocenters. The fourth-order valence-electron chi connectivity index (χ4n) is 1.82. The standard InChI is InChI=1S/C14H14N6/c1-20-9-10(8-17-20)14-16-7-6-13(19-14)18-12-4-2-11(15)3-5-12/h2-9H,15H2,1H3,(H,16,18,19). The smallest absolute Gasteiger partial charge is 0.164 e. The van der Waals surface area contributed by atoms with Crippen molar-refractivity contribution in [1.82, 2.24) is 19.7 Å². The van der Waals surface area contributed by atoms with Crippen LogP contribution in [0.2, 0.25) is 0 Å². The van der Waals surface area contributed by atoms with Crippen LogP contribution in [0, 0.1) is 0 Å². The lowest BCUT2D eigenvalue weighted by molar-refractivity contribution is 0.768. The zero-order valence-corrected chi connectivity index (χ0v) is 11.0. The second-order valence-corrected chi connectivity index (χ2v) is 4.42. The third-order valence-corrected chi connectivity index (χ3v) is 2.80. The highest BCUT2D eigenvalue weighted by atomic mass is 15.2. The van der Waals surface area contributed by atoms with Crippen molar-refractivity contribution in [1.29, 1.82) is 0 Å². The van der Waals surface area contributed by atoms with E-state index in [1.165, 1.54) is 0 Å². The van der Waals surface area contributed by atoms with Crippen LogP contribution in [0.3, 0.4) is 0 Å². The number of aryl methyl sites for hydroxylation is 1. The third-order valence-electron chi connectivity index (χ3n) is 2.80. The predicted octanol–water partition coefficient (Wildman–Crippen LogP) is 2.20. The summed E-state index contributed by atoms with van der Waals surface area (Å²) in [6.45, 7) is 0. The summed E-state index contributed by atoms with van der Waals surface area (Å²) in [4.78, 5) is 8.72. The highest BCUT2D eigenvalue weighted by Gasteiger charge is 2.05. The van der Waals surface area contributed by atoms with Crippen LogP contribution in [0.5, 0.6) is 0 Å². The van der Waals surface area contributed by atoms with Gasteiger partial charge < -0.3 is 11.1 Å². The van der Waals surface area contributed by atoms with E-state index >= 15 is 0 Å². The molecule has 0 amide bonds. The highest BCUT2D eigenvalue weighted by Crippen LogP contribution is 2.19. The molecule has 1 aromatic carbocycles. The van der Waals surface area contributed by atoms with Crippen LogP contribution in [0.15, 0.2) is 48.9 Å². The maximum atomic E-state index is 5.66. The molecule has 0 aliphatic carbocycles. The fourth-order valence-corrected chi connectivity index (χ4v) is 1.82. The molecule has 0 bridgehead atoms. The van der Waals surface area contributed by atoms with Gasteiger partial charge in [0.1, 0.15) is 5.82 Å². The molecule has 0 fully saturated rings. The van der Waals surface area contributed by atoms with Gasteiger partial charge in [0.2, 0.25) is 0 Å². The Morgan fingerprint density at radius 1 is 1.15 bits per heavy atom. The quantitative estimate of drug-likeness (QED) is 0.710. The van der Waals surface area contributed by atoms with Gasteiger partial charge in [-0.2, -0.15) is 5.10 Å². The van der Waals surface area contributed by atoms with Crippen LogP contribution in [0.1, 0.15) is 0 Å². The lowest BCUT2D eigenvalue weighted by Gasteiger charge is -2.06. The fraction of sp³-hybridized carbons (Fsp3) is 0.0714. The largest absolute Gasteiger partial charge is 0.399 e. The minimum atomic E-state index is 0.638. The van der Waals surface area contributed by atoms with Crippen molar-refractivity contribution in [3.8, 4) is 11.4 Å². The van der Waals surface area contributed by atoms with Crippen molar-refractivity contribution in [2.45, 2.75) is 0 Å². The molecule has 3 N–H and O–H groups in total. The highest BCUT2D eigenvalue weighted by molar-refractivity contribution is 5.61. The lowest BCUT2D eigenvalue weighted by atomic mass is 10.3. The Hall–Kier alpha value is -2.89. The van der Waals surface area contributed by atoms with E-state index in [9.17, 15) is 0 Å². The maximum Gasteiger partial charge on any atom is 0.164 e. The molecule has 0 radical (unpaired) electrons. The van der Waals surface area contributed by atoms with E-state index in [4.69, 9.17) is 5.73 Å². The first-order valence-electron chi connectivity index (χ1n) is 6.15. The minimum Gasteiger partial charge on any atom is -0.399 e. The molecule has 0 spiro atoms. The molecule has 2 aromatic heterocycles. The van der Waals surface area contributed by atoms with E-state index in [2.05, 4.69) is 20.4 Å². The summed E-state index contributed by atoms with van der Waals surface area (Å²) in [7, 11) is 1.86. The Bertz CT molecular complexity index is 717. The Balaban J connectivity index is 1.86. The van der Waals surface area contributed by atoms with Gasteiger partial charge in [-0.05, 0) is 30.3 Å². The molecule has 6 nitrogen and oxygen atoms in total. The summed E-state index contributed by atoms with van der Waals surface area (Å²) in [5.74, 6) is 1.36. The zero-order chi connectivity index (χ0) is 13.9. The maximum absolute atomic E-state index is 5.66. The van der Waals surface area contributed by atoms with Crippen LogP contribution in [0.4, 0.5) is 17.2 Å². The van der Waals surface area contributed by atoms with Crippen LogP contribution in [-0.2, 0) is 7.05 Å². The van der Waals surface area contributed by atoms with Gasteiger partial charge in [-0.25, -0.2) is 9.97 Å². The van der Waals surface area contributed by atoms with Gasteiger partial charge in [-0.3, -0.25) is 4.68 Å². The zero-order valence-electron chi connectivity index (χ0n) is 11.0. The average molecular weight is 266 g/mol. The first-order valence-corrected chi connectivity index (χ1v) is 6.15. The summed E-state index contributed by atoms with van der Waals surface area (Å²) >= 11 is 0. The van der Waals surface area contributed by atoms with Gasteiger partial charge in [0.15, 0.2) is 5.82 Å². The Labute approximate surface area is 116 Å². The topological polar surface area (TPSA) is 81.7 Å². The van der Waals surface area contributed by atoms with Crippen molar-refractivity contribution in [2.24, 2.45) is 7.05 Å². The minimum absolute atomic E-state index is 0.638. The number of nitrogens with two attached hydrogens (primary N) is 1. The summed E-state index contributed by atoms with van der Waals surface area (Å²) in [5, 5.41) is 7.33. The molecule has 0 saturated carbocycles. The third kappa shape index (κ3) is 2.59. The molecule has 100 valence electrons. The number of nitrogens with zero attached hydrogens (tertiary/aromatic N) is 4. The normalized spacial score (nSPS) is 10.4. The number of anilines is 3. The van der Waals surface area contributed by atoms with Crippen LogP contribution in [-0.4, -0.2) is 19.7 Å². The number of aromatic nitrogens is 4. The number of benzene rings is 1. The van der Waals surface area contributed by atoms with Gasteiger partial charge in [0, 0.05) is 30.8 Å². The second-order valence-electron chi connectivity index (χ2n) is 4.42. The number of hydrogen-bond donors (Lipinski definition) is 2. The number of hydrogen-bond acceptors (Lipinski definition) is 5. The van der Waals surface area contributed by atoms with E-state index < -0.39 is 0 Å². The average Bonchev–Trinajstić information content (AvgIpc) is 2.89. The van der Waals surface area contributed by atoms with E-state index in [-0.39, 0.29) is 0 Å². The van der Waals surface area contributed by atoms with Crippen molar-refractivity contribution >= 4 is 17.2 Å². The second kappa shape index (κ2) is 5.00. The molecule has 0 aliphatic heterocycles. The molecule has 0 saturated heterocycles. The van der Waals surface area contributed by atoms with Gasteiger partial charge >= 0.3 is 0 Å². The van der Waals surface area contributed by atoms with Crippen molar-refractivity contribution in [2.75, 3.05) is 11.1 Å². The summed E-state index contributed by atoms with van der Waals surface area (Å²) in [5.41, 5.74) is 8.20. The summed E-state index contributed by atoms with van der Waals surface area (Å²) in [6.07, 6.45) is 5.33. The first-order chi connectivity index (χ1) is 9.70. The van der Waals surface area contributed by atoms with E-state index in [1.807, 2.05) is 43.6 Å². The molecule has 6 heteroatoms. The Morgan fingerprint density at radius 2 is 1.95 bits per heavy atom.